The third kappa shape index (κ3) is 2.97. The van der Waals surface area contributed by atoms with E-state index in [4.69, 9.17) is 16.7 Å². The van der Waals surface area contributed by atoms with Crippen molar-refractivity contribution in [2.45, 2.75) is 20.4 Å². The molecular formula is C15H13ClFNO3. The van der Waals surface area contributed by atoms with E-state index in [0.29, 0.717) is 11.3 Å². The largest absolute Gasteiger partial charge is 0.477 e. The maximum atomic E-state index is 13.8. The van der Waals surface area contributed by atoms with Gasteiger partial charge in [0.2, 0.25) is 0 Å². The number of carboxylic acids is 1. The molecule has 0 aliphatic carbocycles. The Morgan fingerprint density at radius 2 is 2.00 bits per heavy atom. The Labute approximate surface area is 125 Å². The highest BCUT2D eigenvalue weighted by molar-refractivity contribution is 6.30. The number of pyridine rings is 1. The van der Waals surface area contributed by atoms with Gasteiger partial charge in [-0.15, -0.1) is 0 Å². The molecular weight excluding hydrogens is 297 g/mol. The van der Waals surface area contributed by atoms with Crippen LogP contribution in [0.4, 0.5) is 4.39 Å². The molecule has 0 fully saturated rings. The number of aromatic nitrogens is 1. The Bertz CT molecular complexity index is 783. The van der Waals surface area contributed by atoms with Crippen molar-refractivity contribution in [3.63, 3.8) is 0 Å². The van der Waals surface area contributed by atoms with Crippen LogP contribution in [0.15, 0.2) is 29.1 Å². The van der Waals surface area contributed by atoms with E-state index in [1.165, 1.54) is 16.7 Å². The number of rotatable bonds is 3. The van der Waals surface area contributed by atoms with Gasteiger partial charge in [0, 0.05) is 16.3 Å². The van der Waals surface area contributed by atoms with Crippen molar-refractivity contribution >= 4 is 17.6 Å². The standard InChI is InChI=1S/C15H13ClFNO3/c1-8-5-9(2)18(14(19)13(8)15(20)21)7-10-3-4-11(16)6-12(10)17/h3-6H,7H2,1-2H3,(H,20,21). The van der Waals surface area contributed by atoms with E-state index < -0.39 is 17.3 Å². The van der Waals surface area contributed by atoms with Gasteiger partial charge in [-0.1, -0.05) is 17.7 Å². The number of carboxylic acid groups (broad SMARTS) is 1. The van der Waals surface area contributed by atoms with Crippen molar-refractivity contribution < 1.29 is 14.3 Å². The molecule has 4 nitrogen and oxygen atoms in total. The molecule has 0 aliphatic rings. The first-order chi connectivity index (χ1) is 9.81. The number of halogens is 2. The van der Waals surface area contributed by atoms with E-state index >= 15 is 0 Å². The van der Waals surface area contributed by atoms with Crippen molar-refractivity contribution in [3.8, 4) is 0 Å². The highest BCUT2D eigenvalue weighted by atomic mass is 35.5. The van der Waals surface area contributed by atoms with Crippen molar-refractivity contribution in [2.75, 3.05) is 0 Å². The molecule has 110 valence electrons. The van der Waals surface area contributed by atoms with E-state index in [1.807, 2.05) is 0 Å². The molecule has 6 heteroatoms. The fourth-order valence-electron chi connectivity index (χ4n) is 2.20. The topological polar surface area (TPSA) is 59.3 Å². The summed E-state index contributed by atoms with van der Waals surface area (Å²) < 4.78 is 15.1. The number of aromatic carboxylic acids is 1. The minimum Gasteiger partial charge on any atom is -0.477 e. The monoisotopic (exact) mass is 309 g/mol. The third-order valence-corrected chi connectivity index (χ3v) is 3.50. The van der Waals surface area contributed by atoms with E-state index in [2.05, 4.69) is 0 Å². The molecule has 1 heterocycles. The molecule has 2 aromatic rings. The smallest absolute Gasteiger partial charge is 0.341 e. The number of benzene rings is 1. The summed E-state index contributed by atoms with van der Waals surface area (Å²) in [7, 11) is 0. The lowest BCUT2D eigenvalue weighted by Gasteiger charge is -2.13. The number of hydrogen-bond acceptors (Lipinski definition) is 2. The first-order valence-corrected chi connectivity index (χ1v) is 6.57. The summed E-state index contributed by atoms with van der Waals surface area (Å²) in [5.74, 6) is -1.82. The van der Waals surface area contributed by atoms with Gasteiger partial charge < -0.3 is 9.67 Å². The first kappa shape index (κ1) is 15.3. The van der Waals surface area contributed by atoms with E-state index in [-0.39, 0.29) is 22.7 Å². The lowest BCUT2D eigenvalue weighted by molar-refractivity contribution is 0.0693. The second kappa shape index (κ2) is 5.69. The van der Waals surface area contributed by atoms with E-state index in [0.717, 1.165) is 6.07 Å². The summed E-state index contributed by atoms with van der Waals surface area (Å²) in [5, 5.41) is 9.37. The highest BCUT2D eigenvalue weighted by Gasteiger charge is 2.17. The first-order valence-electron chi connectivity index (χ1n) is 6.19. The van der Waals surface area contributed by atoms with Crippen molar-refractivity contribution in [1.82, 2.24) is 4.57 Å². The Balaban J connectivity index is 2.57. The van der Waals surface area contributed by atoms with Gasteiger partial charge in [0.25, 0.3) is 5.56 Å². The van der Waals surface area contributed by atoms with Crippen LogP contribution in [-0.4, -0.2) is 15.6 Å². The zero-order valence-electron chi connectivity index (χ0n) is 11.5. The van der Waals surface area contributed by atoms with Crippen molar-refractivity contribution in [3.05, 3.63) is 67.8 Å². The minimum absolute atomic E-state index is 0.0474. The molecule has 1 N–H and O–H groups in total. The van der Waals surface area contributed by atoms with Crippen LogP contribution >= 0.6 is 11.6 Å². The Kier molecular flexibility index (Phi) is 4.14. The average molecular weight is 310 g/mol. The third-order valence-electron chi connectivity index (χ3n) is 3.26. The number of hydrogen-bond donors (Lipinski definition) is 1. The van der Waals surface area contributed by atoms with Gasteiger partial charge in [0.15, 0.2) is 0 Å². The Hall–Kier alpha value is -2.14. The molecule has 2 rings (SSSR count). The highest BCUT2D eigenvalue weighted by Crippen LogP contribution is 2.16. The number of nitrogens with zero attached hydrogens (tertiary/aromatic N) is 1. The fourth-order valence-corrected chi connectivity index (χ4v) is 2.36. The SMILES string of the molecule is Cc1cc(C)n(Cc2ccc(Cl)cc2F)c(=O)c1C(=O)O. The van der Waals surface area contributed by atoms with Gasteiger partial charge in [-0.2, -0.15) is 0 Å². The summed E-state index contributed by atoms with van der Waals surface area (Å²) in [6.45, 7) is 3.19. The molecule has 0 radical (unpaired) electrons. The number of aryl methyl sites for hydroxylation is 2. The lowest BCUT2D eigenvalue weighted by atomic mass is 10.1. The predicted octanol–water partition coefficient (Wildman–Crippen LogP) is 3.00. The summed E-state index contributed by atoms with van der Waals surface area (Å²) in [6.07, 6.45) is 0. The molecule has 0 amide bonds. The molecule has 1 aromatic heterocycles. The van der Waals surface area contributed by atoms with Gasteiger partial charge >= 0.3 is 5.97 Å². The Morgan fingerprint density at radius 1 is 1.33 bits per heavy atom. The van der Waals surface area contributed by atoms with Gasteiger partial charge in [-0.25, -0.2) is 9.18 Å². The summed E-state index contributed by atoms with van der Waals surface area (Å²) in [6, 6.07) is 5.75. The van der Waals surface area contributed by atoms with Crippen LogP contribution in [0.3, 0.4) is 0 Å². The second-order valence-corrected chi connectivity index (χ2v) is 5.21. The zero-order chi connectivity index (χ0) is 15.7. The lowest BCUT2D eigenvalue weighted by Crippen LogP contribution is -2.29. The molecule has 0 atom stereocenters. The molecule has 0 unspecified atom stereocenters. The fraction of sp³-hybridized carbons (Fsp3) is 0.200. The van der Waals surface area contributed by atoms with Crippen LogP contribution in [0, 0.1) is 19.7 Å². The van der Waals surface area contributed by atoms with Crippen LogP contribution < -0.4 is 5.56 Å². The summed E-state index contributed by atoms with van der Waals surface area (Å²) in [5.41, 5.74) is 0.281. The Morgan fingerprint density at radius 3 is 2.57 bits per heavy atom. The molecule has 1 aromatic carbocycles. The summed E-state index contributed by atoms with van der Waals surface area (Å²) in [4.78, 5) is 23.4. The minimum atomic E-state index is -1.29. The average Bonchev–Trinajstić information content (AvgIpc) is 2.35. The molecule has 0 saturated heterocycles. The van der Waals surface area contributed by atoms with Gasteiger partial charge in [0.1, 0.15) is 11.4 Å². The van der Waals surface area contributed by atoms with Crippen molar-refractivity contribution in [2.24, 2.45) is 0 Å². The summed E-state index contributed by atoms with van der Waals surface area (Å²) >= 11 is 5.68. The van der Waals surface area contributed by atoms with Crippen molar-refractivity contribution in [1.29, 1.82) is 0 Å². The van der Waals surface area contributed by atoms with Gasteiger partial charge in [-0.3, -0.25) is 4.79 Å². The van der Waals surface area contributed by atoms with Crippen LogP contribution in [-0.2, 0) is 6.54 Å². The number of carbonyl (C=O) groups is 1. The predicted molar refractivity (Wildman–Crippen MR) is 77.6 cm³/mol. The van der Waals surface area contributed by atoms with E-state index in [9.17, 15) is 14.0 Å². The molecule has 21 heavy (non-hydrogen) atoms. The van der Waals surface area contributed by atoms with Gasteiger partial charge in [0.05, 0.1) is 6.54 Å². The van der Waals surface area contributed by atoms with Crippen LogP contribution in [0.25, 0.3) is 0 Å². The quantitative estimate of drug-likeness (QED) is 0.948. The maximum Gasteiger partial charge on any atom is 0.341 e. The maximum absolute atomic E-state index is 13.8. The molecule has 0 aliphatic heterocycles. The zero-order valence-corrected chi connectivity index (χ0v) is 12.2. The second-order valence-electron chi connectivity index (χ2n) is 4.78. The van der Waals surface area contributed by atoms with Crippen LogP contribution in [0.1, 0.15) is 27.2 Å². The van der Waals surface area contributed by atoms with Crippen LogP contribution in [0.2, 0.25) is 5.02 Å². The van der Waals surface area contributed by atoms with Crippen LogP contribution in [0.5, 0.6) is 0 Å². The van der Waals surface area contributed by atoms with E-state index in [1.54, 1.807) is 19.9 Å². The van der Waals surface area contributed by atoms with Gasteiger partial charge in [-0.05, 0) is 37.6 Å². The normalized spacial score (nSPS) is 10.7. The molecule has 0 saturated carbocycles. The molecule has 0 bridgehead atoms. The molecule has 0 spiro atoms.